The molecule has 13 heteroatoms. The fraction of sp³-hybridized carbons (Fsp3) is 0.133. The second kappa shape index (κ2) is 10.8. The summed E-state index contributed by atoms with van der Waals surface area (Å²) in [5, 5.41) is 9.73. The highest BCUT2D eigenvalue weighted by atomic mass is 35.5. The Kier molecular flexibility index (Phi) is 7.10. The first-order valence-corrected chi connectivity index (χ1v) is 15.2. The molecule has 218 valence electrons. The second-order valence-electron chi connectivity index (χ2n) is 9.69. The average Bonchev–Trinajstić information content (AvgIpc) is 3.65. The number of anilines is 1. The van der Waals surface area contributed by atoms with Gasteiger partial charge in [-0.3, -0.25) is 14.7 Å². The van der Waals surface area contributed by atoms with Crippen LogP contribution in [0, 0.1) is 5.82 Å². The van der Waals surface area contributed by atoms with E-state index in [9.17, 15) is 22.4 Å². The number of carbonyl (C=O) groups is 1. The number of hydrogen-bond acceptors (Lipinski definition) is 7. The molecule has 0 aliphatic carbocycles. The van der Waals surface area contributed by atoms with Crippen LogP contribution in [-0.2, 0) is 16.4 Å². The maximum Gasteiger partial charge on any atom is 0.261 e. The maximum atomic E-state index is 14.2. The minimum atomic E-state index is -3.42. The summed E-state index contributed by atoms with van der Waals surface area (Å²) in [5.41, 5.74) is 2.51. The van der Waals surface area contributed by atoms with Gasteiger partial charge in [0, 0.05) is 29.4 Å². The molecule has 0 bridgehead atoms. The molecule has 43 heavy (non-hydrogen) atoms. The lowest BCUT2D eigenvalue weighted by molar-refractivity contribution is 0.102. The molecule has 10 nitrogen and oxygen atoms in total. The van der Waals surface area contributed by atoms with E-state index in [4.69, 9.17) is 16.0 Å². The first kappa shape index (κ1) is 28.3. The summed E-state index contributed by atoms with van der Waals surface area (Å²) in [4.78, 5) is 31.1. The largest absolute Gasteiger partial charge is 0.436 e. The molecule has 2 N–H and O–H groups in total. The zero-order chi connectivity index (χ0) is 30.5. The third-order valence-corrected chi connectivity index (χ3v) is 9.11. The molecule has 6 rings (SSSR count). The molecule has 0 aliphatic heterocycles. The molecule has 0 unspecified atom stereocenters. The SMILES string of the molecule is CCn1cc(C(=O)Nc2cccc(-c3[nH]ncc3-c3nc4cc(S(=O)(=O)CC)ccc4o3)c2)c(=O)c2cc(F)c(Cl)cc21. The fourth-order valence-corrected chi connectivity index (χ4v) is 5.87. The highest BCUT2D eigenvalue weighted by Gasteiger charge is 2.20. The fourth-order valence-electron chi connectivity index (χ4n) is 4.81. The van der Waals surface area contributed by atoms with Crippen molar-refractivity contribution in [1.29, 1.82) is 0 Å². The van der Waals surface area contributed by atoms with Crippen LogP contribution in [0.25, 0.3) is 44.7 Å². The summed E-state index contributed by atoms with van der Waals surface area (Å²) in [6, 6.07) is 13.8. The summed E-state index contributed by atoms with van der Waals surface area (Å²) in [6.07, 6.45) is 2.96. The Morgan fingerprint density at radius 1 is 1.14 bits per heavy atom. The van der Waals surface area contributed by atoms with E-state index in [0.717, 1.165) is 6.07 Å². The number of fused-ring (bicyclic) bond motifs is 2. The predicted octanol–water partition coefficient (Wildman–Crippen LogP) is 6.06. The quantitative estimate of drug-likeness (QED) is 0.221. The molecule has 0 fully saturated rings. The minimum Gasteiger partial charge on any atom is -0.436 e. The van der Waals surface area contributed by atoms with E-state index >= 15 is 0 Å². The number of aromatic amines is 1. The van der Waals surface area contributed by atoms with Gasteiger partial charge in [0.15, 0.2) is 15.4 Å². The van der Waals surface area contributed by atoms with Gasteiger partial charge in [-0.05, 0) is 49.4 Å². The number of oxazole rings is 1. The Balaban J connectivity index is 1.33. The Morgan fingerprint density at radius 3 is 2.72 bits per heavy atom. The standard InChI is InChI=1S/C30H23ClFN5O5S/c1-3-37-15-21(28(38)19-12-23(32)22(31)13-25(19)37)29(39)34-17-7-5-6-16(10-17)27-20(14-33-36-27)30-35-24-11-18(43(40,41)4-2)8-9-26(24)42-30/h5-15H,3-4H2,1-2H3,(H,33,36)(H,34,39). The van der Waals surface area contributed by atoms with Crippen molar-refractivity contribution >= 4 is 55.0 Å². The highest BCUT2D eigenvalue weighted by Crippen LogP contribution is 2.33. The molecule has 3 aromatic heterocycles. The van der Waals surface area contributed by atoms with Gasteiger partial charge >= 0.3 is 0 Å². The van der Waals surface area contributed by atoms with E-state index in [0.29, 0.717) is 45.7 Å². The Morgan fingerprint density at radius 2 is 1.95 bits per heavy atom. The summed E-state index contributed by atoms with van der Waals surface area (Å²) in [7, 11) is -3.42. The lowest BCUT2D eigenvalue weighted by Crippen LogP contribution is -2.24. The summed E-state index contributed by atoms with van der Waals surface area (Å²) in [5.74, 6) is -1.23. The van der Waals surface area contributed by atoms with Gasteiger partial charge in [-0.2, -0.15) is 5.10 Å². The number of amides is 1. The molecular weight excluding hydrogens is 597 g/mol. The van der Waals surface area contributed by atoms with Crippen LogP contribution in [0.15, 0.2) is 81.1 Å². The van der Waals surface area contributed by atoms with Crippen molar-refractivity contribution in [2.45, 2.75) is 25.3 Å². The molecule has 0 spiro atoms. The lowest BCUT2D eigenvalue weighted by Gasteiger charge is -2.13. The van der Waals surface area contributed by atoms with E-state index in [2.05, 4.69) is 20.5 Å². The monoisotopic (exact) mass is 619 g/mol. The topological polar surface area (TPSA) is 140 Å². The van der Waals surface area contributed by atoms with Crippen molar-refractivity contribution in [3.63, 3.8) is 0 Å². The van der Waals surface area contributed by atoms with Crippen LogP contribution in [0.1, 0.15) is 24.2 Å². The van der Waals surface area contributed by atoms with Crippen molar-refractivity contribution in [3.8, 4) is 22.7 Å². The maximum absolute atomic E-state index is 14.2. The third kappa shape index (κ3) is 5.08. The number of nitrogens with one attached hydrogen (secondary N) is 2. The van der Waals surface area contributed by atoms with Crippen LogP contribution in [0.5, 0.6) is 0 Å². The number of nitrogens with zero attached hydrogens (tertiary/aromatic N) is 3. The normalized spacial score (nSPS) is 11.8. The van der Waals surface area contributed by atoms with Crippen molar-refractivity contribution < 1.29 is 22.0 Å². The molecule has 0 atom stereocenters. The number of pyridine rings is 1. The van der Waals surface area contributed by atoms with Gasteiger partial charge in [0.25, 0.3) is 5.91 Å². The van der Waals surface area contributed by atoms with Gasteiger partial charge in [-0.25, -0.2) is 17.8 Å². The number of aryl methyl sites for hydroxylation is 1. The number of benzene rings is 3. The second-order valence-corrected chi connectivity index (χ2v) is 12.4. The number of halogens is 2. The number of rotatable bonds is 7. The molecule has 6 aromatic rings. The van der Waals surface area contributed by atoms with Gasteiger partial charge in [-0.1, -0.05) is 30.7 Å². The van der Waals surface area contributed by atoms with Crippen LogP contribution in [0.3, 0.4) is 0 Å². The van der Waals surface area contributed by atoms with E-state index in [1.807, 2.05) is 6.92 Å². The minimum absolute atomic E-state index is 0.0367. The Labute approximate surface area is 249 Å². The molecule has 0 saturated heterocycles. The van der Waals surface area contributed by atoms with E-state index in [1.54, 1.807) is 41.8 Å². The number of hydrogen-bond donors (Lipinski definition) is 2. The lowest BCUT2D eigenvalue weighted by atomic mass is 10.1. The predicted molar refractivity (Wildman–Crippen MR) is 162 cm³/mol. The third-order valence-electron chi connectivity index (χ3n) is 7.08. The van der Waals surface area contributed by atoms with Gasteiger partial charge in [0.1, 0.15) is 16.9 Å². The number of aromatic nitrogens is 4. The van der Waals surface area contributed by atoms with Gasteiger partial charge in [0.05, 0.1) is 38.6 Å². The molecule has 0 aliphatic rings. The van der Waals surface area contributed by atoms with Crippen molar-refractivity contribution in [2.75, 3.05) is 11.1 Å². The molecule has 1 amide bonds. The van der Waals surface area contributed by atoms with Gasteiger partial charge < -0.3 is 14.3 Å². The van der Waals surface area contributed by atoms with Crippen LogP contribution in [0.2, 0.25) is 5.02 Å². The first-order valence-electron chi connectivity index (χ1n) is 13.2. The Hall–Kier alpha value is -4.81. The smallest absolute Gasteiger partial charge is 0.261 e. The summed E-state index contributed by atoms with van der Waals surface area (Å²) in [6.45, 7) is 3.82. The average molecular weight is 620 g/mol. The summed E-state index contributed by atoms with van der Waals surface area (Å²) < 4.78 is 46.4. The molecular formula is C30H23ClFN5O5S. The molecule has 0 radical (unpaired) electrons. The van der Waals surface area contributed by atoms with Gasteiger partial charge in [-0.15, -0.1) is 0 Å². The number of H-pyrrole nitrogens is 1. The van der Waals surface area contributed by atoms with Crippen LogP contribution in [0.4, 0.5) is 10.1 Å². The van der Waals surface area contributed by atoms with Crippen molar-refractivity contribution in [1.82, 2.24) is 19.7 Å². The zero-order valence-electron chi connectivity index (χ0n) is 22.8. The molecule has 3 aromatic carbocycles. The zero-order valence-corrected chi connectivity index (χ0v) is 24.4. The van der Waals surface area contributed by atoms with Crippen LogP contribution in [-0.4, -0.2) is 39.8 Å². The number of sulfone groups is 1. The molecule has 3 heterocycles. The van der Waals surface area contributed by atoms with E-state index in [1.165, 1.54) is 30.6 Å². The highest BCUT2D eigenvalue weighted by molar-refractivity contribution is 7.91. The Bertz CT molecular complexity index is 2240. The molecule has 0 saturated carbocycles. The first-order chi connectivity index (χ1) is 20.6. The van der Waals surface area contributed by atoms with Crippen LogP contribution < -0.4 is 10.7 Å². The van der Waals surface area contributed by atoms with Crippen molar-refractivity contribution in [3.05, 3.63) is 93.6 Å². The van der Waals surface area contributed by atoms with E-state index < -0.39 is 27.0 Å². The van der Waals surface area contributed by atoms with Crippen LogP contribution >= 0.6 is 11.6 Å². The van der Waals surface area contributed by atoms with E-state index in [-0.39, 0.29) is 32.5 Å². The van der Waals surface area contributed by atoms with Gasteiger partial charge in [0.2, 0.25) is 11.3 Å². The van der Waals surface area contributed by atoms with Crippen molar-refractivity contribution in [2.24, 2.45) is 0 Å². The summed E-state index contributed by atoms with van der Waals surface area (Å²) >= 11 is 5.93. The number of carbonyl (C=O) groups excluding carboxylic acids is 1.